The van der Waals surface area contributed by atoms with Crippen molar-refractivity contribution in [3.63, 3.8) is 0 Å². The number of aryl methyl sites for hydroxylation is 1. The van der Waals surface area contributed by atoms with E-state index < -0.39 is 12.1 Å². The summed E-state index contributed by atoms with van der Waals surface area (Å²) in [5.41, 5.74) is 4.18. The molecule has 0 radical (unpaired) electrons. The van der Waals surface area contributed by atoms with Crippen LogP contribution in [0.5, 0.6) is 0 Å². The highest BCUT2D eigenvalue weighted by Crippen LogP contribution is 2.37. The molecule has 1 saturated carbocycles. The molecule has 1 aliphatic carbocycles. The van der Waals surface area contributed by atoms with Crippen molar-refractivity contribution in [3.05, 3.63) is 29.5 Å². The molecule has 1 aliphatic rings. The fourth-order valence-electron chi connectivity index (χ4n) is 2.44. The Morgan fingerprint density at radius 3 is 2.83 bits per heavy atom. The van der Waals surface area contributed by atoms with Gasteiger partial charge in [0.2, 0.25) is 5.91 Å². The summed E-state index contributed by atoms with van der Waals surface area (Å²) in [7, 11) is 0. The van der Waals surface area contributed by atoms with E-state index in [0.717, 1.165) is 26.4 Å². The fourth-order valence-corrected chi connectivity index (χ4v) is 4.23. The molecule has 3 aromatic rings. The Kier molecular flexibility index (Phi) is 3.42. The maximum Gasteiger partial charge on any atom is 0.232 e. The number of halogens is 1. The van der Waals surface area contributed by atoms with Crippen LogP contribution >= 0.6 is 22.9 Å². The van der Waals surface area contributed by atoms with Crippen molar-refractivity contribution in [3.8, 4) is 10.4 Å². The monoisotopic (exact) mass is 347 g/mol. The maximum atomic E-state index is 12.9. The minimum Gasteiger partial charge on any atom is -0.302 e. The Hall–Kier alpha value is -1.86. The Morgan fingerprint density at radius 1 is 1.39 bits per heavy atom. The number of carbonyl (C=O) groups is 1. The van der Waals surface area contributed by atoms with Gasteiger partial charge in [0, 0.05) is 0 Å². The van der Waals surface area contributed by atoms with Gasteiger partial charge in [0.05, 0.1) is 26.7 Å². The summed E-state index contributed by atoms with van der Waals surface area (Å²) in [4.78, 5) is 17.4. The van der Waals surface area contributed by atoms with Gasteiger partial charge in [0.1, 0.15) is 6.17 Å². The molecule has 0 bridgehead atoms. The van der Waals surface area contributed by atoms with Gasteiger partial charge in [-0.3, -0.25) is 4.79 Å². The molecule has 2 aromatic heterocycles. The molecular formula is C16H14FN3OS2. The number of nitrogens with zero attached hydrogens (tertiary/aromatic N) is 2. The Morgan fingerprint density at radius 2 is 2.17 bits per heavy atom. The molecule has 23 heavy (non-hydrogen) atoms. The molecular weight excluding hydrogens is 333 g/mol. The van der Waals surface area contributed by atoms with E-state index in [2.05, 4.69) is 27.7 Å². The van der Waals surface area contributed by atoms with Crippen LogP contribution in [0.4, 0.5) is 9.52 Å². The number of fused-ring (bicyclic) bond motifs is 1. The number of hydrogen-bond acceptors (Lipinski definition) is 5. The average molecular weight is 347 g/mol. The lowest BCUT2D eigenvalue weighted by Crippen LogP contribution is -2.14. The molecule has 4 nitrogen and oxygen atoms in total. The number of thiazole rings is 1. The van der Waals surface area contributed by atoms with Crippen LogP contribution in [0.2, 0.25) is 0 Å². The maximum absolute atomic E-state index is 12.9. The Balaban J connectivity index is 1.64. The predicted molar refractivity (Wildman–Crippen MR) is 91.8 cm³/mol. The van der Waals surface area contributed by atoms with Crippen molar-refractivity contribution < 1.29 is 9.18 Å². The van der Waals surface area contributed by atoms with E-state index in [1.165, 1.54) is 28.4 Å². The molecule has 0 unspecified atom stereocenters. The van der Waals surface area contributed by atoms with E-state index in [1.54, 1.807) is 0 Å². The zero-order valence-electron chi connectivity index (χ0n) is 12.6. The third kappa shape index (κ3) is 2.64. The summed E-state index contributed by atoms with van der Waals surface area (Å²) < 4.78 is 18.3. The first-order valence-corrected chi connectivity index (χ1v) is 8.90. The topological polar surface area (TPSA) is 54.9 Å². The highest BCUT2D eigenvalue weighted by atomic mass is 32.1. The molecule has 1 aromatic carbocycles. The number of aromatic nitrogens is 2. The first-order chi connectivity index (χ1) is 11.0. The van der Waals surface area contributed by atoms with Crippen LogP contribution in [0.25, 0.3) is 20.7 Å². The molecule has 2 heterocycles. The first-order valence-electron chi connectivity index (χ1n) is 7.31. The lowest BCUT2D eigenvalue weighted by Gasteiger charge is -1.98. The van der Waals surface area contributed by atoms with Gasteiger partial charge >= 0.3 is 0 Å². The van der Waals surface area contributed by atoms with Crippen LogP contribution in [0.15, 0.2) is 18.2 Å². The third-order valence-corrected chi connectivity index (χ3v) is 6.11. The number of nitrogens with one attached hydrogen (secondary N) is 1. The van der Waals surface area contributed by atoms with Crippen LogP contribution in [-0.2, 0) is 4.79 Å². The van der Waals surface area contributed by atoms with E-state index >= 15 is 0 Å². The number of benzene rings is 1. The van der Waals surface area contributed by atoms with E-state index in [-0.39, 0.29) is 5.91 Å². The van der Waals surface area contributed by atoms with Gasteiger partial charge in [-0.2, -0.15) is 4.37 Å². The Labute approximate surface area is 140 Å². The average Bonchev–Trinajstić information content (AvgIpc) is 2.98. The van der Waals surface area contributed by atoms with Gasteiger partial charge in [-0.15, -0.1) is 0 Å². The Bertz CT molecular complexity index is 917. The van der Waals surface area contributed by atoms with E-state index in [9.17, 15) is 9.18 Å². The van der Waals surface area contributed by atoms with Crippen molar-refractivity contribution in [1.82, 2.24) is 9.36 Å². The van der Waals surface area contributed by atoms with Crippen molar-refractivity contribution in [1.29, 1.82) is 0 Å². The van der Waals surface area contributed by atoms with Gasteiger partial charge in [0.15, 0.2) is 5.13 Å². The summed E-state index contributed by atoms with van der Waals surface area (Å²) in [6, 6.07) is 6.03. The molecule has 4 rings (SSSR count). The molecule has 118 valence electrons. The molecule has 7 heteroatoms. The summed E-state index contributed by atoms with van der Waals surface area (Å²) >= 11 is 2.90. The third-order valence-electron chi connectivity index (χ3n) is 4.09. The van der Waals surface area contributed by atoms with Crippen molar-refractivity contribution in [2.24, 2.45) is 5.92 Å². The van der Waals surface area contributed by atoms with Gasteiger partial charge in [-0.05, 0) is 55.1 Å². The second-order valence-corrected chi connectivity index (χ2v) is 7.58. The van der Waals surface area contributed by atoms with Gasteiger partial charge in [0.25, 0.3) is 0 Å². The smallest absolute Gasteiger partial charge is 0.232 e. The van der Waals surface area contributed by atoms with Crippen molar-refractivity contribution in [2.75, 3.05) is 5.32 Å². The van der Waals surface area contributed by atoms with Gasteiger partial charge in [-0.1, -0.05) is 17.4 Å². The second-order valence-electron chi connectivity index (χ2n) is 5.77. The summed E-state index contributed by atoms with van der Waals surface area (Å²) in [5, 5.41) is 3.24. The minimum atomic E-state index is -0.992. The first kappa shape index (κ1) is 14.7. The normalized spacial score (nSPS) is 20.0. The lowest BCUT2D eigenvalue weighted by molar-refractivity contribution is -0.117. The van der Waals surface area contributed by atoms with Gasteiger partial charge < -0.3 is 5.32 Å². The summed E-state index contributed by atoms with van der Waals surface area (Å²) in [5.74, 6) is -0.772. The van der Waals surface area contributed by atoms with Crippen molar-refractivity contribution in [2.45, 2.75) is 26.4 Å². The van der Waals surface area contributed by atoms with E-state index in [1.807, 2.05) is 19.1 Å². The SMILES string of the molecule is Cc1nsc(-c2ccc3nc(NC(=O)[C@@H]4C[C@@H]4F)sc3c2)c1C. The zero-order valence-corrected chi connectivity index (χ0v) is 14.2. The number of rotatable bonds is 3. The van der Waals surface area contributed by atoms with E-state index in [4.69, 9.17) is 0 Å². The molecule has 1 N–H and O–H groups in total. The number of alkyl halides is 1. The minimum absolute atomic E-state index is 0.272. The number of hydrogen-bond donors (Lipinski definition) is 1. The second kappa shape index (κ2) is 5.35. The molecule has 0 saturated heterocycles. The highest BCUT2D eigenvalue weighted by molar-refractivity contribution is 7.22. The fraction of sp³-hybridized carbons (Fsp3) is 0.312. The zero-order chi connectivity index (χ0) is 16.1. The summed E-state index contributed by atoms with van der Waals surface area (Å²) in [6.45, 7) is 4.07. The largest absolute Gasteiger partial charge is 0.302 e. The van der Waals surface area contributed by atoms with E-state index in [0.29, 0.717) is 11.6 Å². The molecule has 1 fully saturated rings. The van der Waals surface area contributed by atoms with Crippen LogP contribution in [0.3, 0.4) is 0 Å². The standard InChI is InChI=1S/C16H14FN3OS2/c1-7-8(2)20-23-14(7)9-3-4-12-13(5-9)22-16(18-12)19-15(21)10-6-11(10)17/h3-5,10-11H,6H2,1-2H3,(H,18,19,21)/t10-,11+/m1/s1. The number of anilines is 1. The molecule has 1 amide bonds. The number of carbonyl (C=O) groups excluding carboxylic acids is 1. The highest BCUT2D eigenvalue weighted by Gasteiger charge is 2.43. The van der Waals surface area contributed by atoms with Crippen molar-refractivity contribution >= 4 is 44.1 Å². The van der Waals surface area contributed by atoms with Crippen LogP contribution in [-0.4, -0.2) is 21.4 Å². The molecule has 0 spiro atoms. The van der Waals surface area contributed by atoms with Crippen LogP contribution in [0, 0.1) is 19.8 Å². The lowest BCUT2D eigenvalue weighted by atomic mass is 10.1. The van der Waals surface area contributed by atoms with Crippen LogP contribution < -0.4 is 5.32 Å². The molecule has 2 atom stereocenters. The number of amides is 1. The summed E-state index contributed by atoms with van der Waals surface area (Å²) in [6.07, 6.45) is -0.668. The van der Waals surface area contributed by atoms with Gasteiger partial charge in [-0.25, -0.2) is 9.37 Å². The quantitative estimate of drug-likeness (QED) is 0.767. The predicted octanol–water partition coefficient (Wildman–Crippen LogP) is 4.33. The molecule has 0 aliphatic heterocycles. The van der Waals surface area contributed by atoms with Crippen LogP contribution in [0.1, 0.15) is 17.7 Å².